The van der Waals surface area contributed by atoms with Crippen molar-refractivity contribution in [2.75, 3.05) is 18.8 Å². The molecule has 0 aliphatic heterocycles. The molecule has 0 unspecified atom stereocenters. The Hall–Kier alpha value is -3.05. The van der Waals surface area contributed by atoms with Gasteiger partial charge < -0.3 is 20.6 Å². The maximum atomic E-state index is 13.5. The van der Waals surface area contributed by atoms with Gasteiger partial charge in [0, 0.05) is 34.9 Å². The predicted molar refractivity (Wildman–Crippen MR) is 149 cm³/mol. The summed E-state index contributed by atoms with van der Waals surface area (Å²) in [7, 11) is -3.99. The highest BCUT2D eigenvalue weighted by Gasteiger charge is 2.31. The van der Waals surface area contributed by atoms with Crippen LogP contribution in [0, 0.1) is 12.8 Å². The second-order valence-electron chi connectivity index (χ2n) is 9.43. The zero-order chi connectivity index (χ0) is 27.9. The van der Waals surface area contributed by atoms with E-state index >= 15 is 0 Å². The number of amides is 1. The van der Waals surface area contributed by atoms with E-state index in [4.69, 9.17) is 0 Å². The molecule has 0 bridgehead atoms. The Morgan fingerprint density at radius 2 is 1.61 bits per heavy atom. The molecule has 0 saturated carbocycles. The van der Waals surface area contributed by atoms with E-state index in [1.54, 1.807) is 19.1 Å². The molecular weight excluding hydrogens is 524 g/mol. The molecule has 38 heavy (non-hydrogen) atoms. The number of phenols is 2. The lowest BCUT2D eigenvalue weighted by Gasteiger charge is -2.30. The van der Waals surface area contributed by atoms with Gasteiger partial charge in [-0.1, -0.05) is 38.1 Å². The molecule has 10 heteroatoms. The molecule has 1 amide bonds. The fraction of sp³-hybridized carbons (Fsp3) is 0.321. The van der Waals surface area contributed by atoms with E-state index in [1.807, 2.05) is 44.2 Å². The van der Waals surface area contributed by atoms with Crippen molar-refractivity contribution in [2.24, 2.45) is 5.92 Å². The third kappa shape index (κ3) is 7.73. The fourth-order valence-corrected chi connectivity index (χ4v) is 6.50. The van der Waals surface area contributed by atoms with Crippen molar-refractivity contribution in [3.8, 4) is 11.5 Å². The predicted octanol–water partition coefficient (Wildman–Crippen LogP) is 4.00. The number of nitrogens with one attached hydrogen (secondary N) is 1. The summed E-state index contributed by atoms with van der Waals surface area (Å²) < 4.78 is 28.1. The minimum absolute atomic E-state index is 0.00205. The Kier molecular flexibility index (Phi) is 10.2. The molecule has 2 atom stereocenters. The first-order valence-corrected chi connectivity index (χ1v) is 14.7. The van der Waals surface area contributed by atoms with Gasteiger partial charge in [-0.2, -0.15) is 4.31 Å². The van der Waals surface area contributed by atoms with Crippen LogP contribution in [-0.2, 0) is 10.0 Å². The fourth-order valence-electron chi connectivity index (χ4n) is 3.85. The topological polar surface area (TPSA) is 127 Å². The van der Waals surface area contributed by atoms with E-state index in [-0.39, 0.29) is 46.7 Å². The summed E-state index contributed by atoms with van der Waals surface area (Å²) >= 11 is 1.43. The maximum absolute atomic E-state index is 13.5. The number of hydrogen-bond donors (Lipinski definition) is 4. The number of phenolic OH excluding ortho intramolecular Hbond substituents is 2. The van der Waals surface area contributed by atoms with Gasteiger partial charge in [-0.3, -0.25) is 4.79 Å². The highest BCUT2D eigenvalue weighted by molar-refractivity contribution is 7.99. The number of aromatic hydroxyl groups is 2. The molecule has 0 aliphatic carbocycles. The van der Waals surface area contributed by atoms with E-state index in [2.05, 4.69) is 5.32 Å². The van der Waals surface area contributed by atoms with Crippen molar-refractivity contribution in [2.45, 2.75) is 42.7 Å². The number of carbonyl (C=O) groups excluding carboxylic acids is 1. The molecule has 0 heterocycles. The van der Waals surface area contributed by atoms with E-state index in [0.717, 1.165) is 4.90 Å². The minimum Gasteiger partial charge on any atom is -0.508 e. The molecule has 8 nitrogen and oxygen atoms in total. The van der Waals surface area contributed by atoms with Crippen LogP contribution in [-0.4, -0.2) is 64.9 Å². The van der Waals surface area contributed by atoms with Gasteiger partial charge in [0.15, 0.2) is 0 Å². The smallest absolute Gasteiger partial charge is 0.252 e. The number of thioether (sulfide) groups is 1. The van der Waals surface area contributed by atoms with Gasteiger partial charge >= 0.3 is 0 Å². The summed E-state index contributed by atoms with van der Waals surface area (Å²) in [6.45, 7) is 5.28. The summed E-state index contributed by atoms with van der Waals surface area (Å²) in [5, 5.41) is 33.8. The first-order chi connectivity index (χ1) is 18.0. The van der Waals surface area contributed by atoms with Crippen LogP contribution in [0.2, 0.25) is 0 Å². The molecule has 204 valence electrons. The van der Waals surface area contributed by atoms with Crippen LogP contribution in [0.4, 0.5) is 0 Å². The molecule has 3 aromatic rings. The highest BCUT2D eigenvalue weighted by Crippen LogP contribution is 2.24. The number of carbonyl (C=O) groups is 1. The average Bonchev–Trinajstić information content (AvgIpc) is 2.88. The third-order valence-electron chi connectivity index (χ3n) is 5.94. The minimum atomic E-state index is -3.99. The van der Waals surface area contributed by atoms with Gasteiger partial charge in [-0.05, 0) is 61.4 Å². The highest BCUT2D eigenvalue weighted by atomic mass is 32.2. The van der Waals surface area contributed by atoms with Gasteiger partial charge in [0.2, 0.25) is 10.0 Å². The molecule has 0 saturated heterocycles. The molecule has 0 spiro atoms. The van der Waals surface area contributed by atoms with E-state index in [0.29, 0.717) is 5.56 Å². The van der Waals surface area contributed by atoms with Crippen molar-refractivity contribution in [1.82, 2.24) is 9.62 Å². The van der Waals surface area contributed by atoms with Crippen LogP contribution in [0.1, 0.15) is 29.8 Å². The van der Waals surface area contributed by atoms with Gasteiger partial charge in [-0.25, -0.2) is 8.42 Å². The van der Waals surface area contributed by atoms with E-state index in [1.165, 1.54) is 46.4 Å². The summed E-state index contributed by atoms with van der Waals surface area (Å²) in [6.07, 6.45) is -1.24. The van der Waals surface area contributed by atoms with Gasteiger partial charge in [0.25, 0.3) is 5.91 Å². The zero-order valence-electron chi connectivity index (χ0n) is 21.6. The van der Waals surface area contributed by atoms with Crippen LogP contribution in [0.5, 0.6) is 11.5 Å². The number of nitrogens with zero attached hydrogens (tertiary/aromatic N) is 1. The molecule has 0 radical (unpaired) electrons. The quantitative estimate of drug-likeness (QED) is 0.248. The summed E-state index contributed by atoms with van der Waals surface area (Å²) in [6, 6.07) is 18.6. The van der Waals surface area contributed by atoms with Gasteiger partial charge in [0.05, 0.1) is 17.0 Å². The molecule has 4 N–H and O–H groups in total. The number of aliphatic hydroxyl groups is 1. The lowest BCUT2D eigenvalue weighted by molar-refractivity contribution is 0.0810. The summed E-state index contributed by atoms with van der Waals surface area (Å²) in [4.78, 5) is 14.1. The molecule has 0 aliphatic rings. The van der Waals surface area contributed by atoms with Gasteiger partial charge in [-0.15, -0.1) is 11.8 Å². The number of benzene rings is 3. The van der Waals surface area contributed by atoms with Crippen LogP contribution in [0.15, 0.2) is 82.6 Å². The molecule has 3 rings (SSSR count). The Bertz CT molecular complexity index is 1310. The Labute approximate surface area is 228 Å². The van der Waals surface area contributed by atoms with Crippen LogP contribution >= 0.6 is 11.8 Å². The lowest BCUT2D eigenvalue weighted by Crippen LogP contribution is -2.51. The van der Waals surface area contributed by atoms with Crippen molar-refractivity contribution in [3.63, 3.8) is 0 Å². The number of rotatable bonds is 12. The Balaban J connectivity index is 1.87. The zero-order valence-corrected chi connectivity index (χ0v) is 23.2. The summed E-state index contributed by atoms with van der Waals surface area (Å²) in [5.41, 5.74) is 0.674. The second kappa shape index (κ2) is 13.1. The first kappa shape index (κ1) is 29.5. The van der Waals surface area contributed by atoms with Crippen LogP contribution in [0.25, 0.3) is 0 Å². The molecule has 0 aromatic heterocycles. The number of sulfonamides is 1. The SMILES string of the molecule is Cc1c(O)cccc1C(=O)N[C@@H](CSc1ccccc1)[C@@H](O)CN(CC(C)C)S(=O)(=O)c1ccc(O)cc1. The van der Waals surface area contributed by atoms with Gasteiger partial charge in [0.1, 0.15) is 11.5 Å². The second-order valence-corrected chi connectivity index (χ2v) is 12.5. The van der Waals surface area contributed by atoms with E-state index in [9.17, 15) is 28.5 Å². The van der Waals surface area contributed by atoms with Crippen molar-refractivity contribution < 1.29 is 28.5 Å². The van der Waals surface area contributed by atoms with Crippen molar-refractivity contribution in [1.29, 1.82) is 0 Å². The van der Waals surface area contributed by atoms with Crippen LogP contribution < -0.4 is 5.32 Å². The third-order valence-corrected chi connectivity index (χ3v) is 8.91. The molecule has 0 fully saturated rings. The monoisotopic (exact) mass is 558 g/mol. The normalized spacial score (nSPS) is 13.4. The van der Waals surface area contributed by atoms with Crippen LogP contribution in [0.3, 0.4) is 0 Å². The molecular formula is C28H34N2O6S2. The lowest BCUT2D eigenvalue weighted by atomic mass is 10.1. The number of hydrogen-bond acceptors (Lipinski definition) is 7. The Morgan fingerprint density at radius 1 is 0.947 bits per heavy atom. The number of aliphatic hydroxyl groups excluding tert-OH is 1. The largest absolute Gasteiger partial charge is 0.508 e. The first-order valence-electron chi connectivity index (χ1n) is 12.2. The Morgan fingerprint density at radius 3 is 2.24 bits per heavy atom. The molecule has 3 aromatic carbocycles. The van der Waals surface area contributed by atoms with E-state index < -0.39 is 28.1 Å². The summed E-state index contributed by atoms with van der Waals surface area (Å²) in [5.74, 6) is -0.300. The standard InChI is InChI=1S/C28H34N2O6S2/c1-19(2)16-30(38(35,36)23-14-12-21(31)13-15-23)17-27(33)25(18-37-22-8-5-4-6-9-22)29-28(34)24-10-7-11-26(32)20(24)3/h4-15,19,25,27,31-33H,16-18H2,1-3H3,(H,29,34)/t25-,27-/m0/s1. The van der Waals surface area contributed by atoms with Crippen molar-refractivity contribution >= 4 is 27.7 Å². The van der Waals surface area contributed by atoms with Crippen molar-refractivity contribution in [3.05, 3.63) is 83.9 Å². The average molecular weight is 559 g/mol. The maximum Gasteiger partial charge on any atom is 0.252 e.